The van der Waals surface area contributed by atoms with Gasteiger partial charge in [0.15, 0.2) is 5.84 Å². The Morgan fingerprint density at radius 2 is 1.86 bits per heavy atom. The predicted octanol–water partition coefficient (Wildman–Crippen LogP) is 3.38. The molecular weight excluding hydrogens is 352 g/mol. The molecule has 1 aromatic rings. The number of benzene rings is 1. The summed E-state index contributed by atoms with van der Waals surface area (Å²) in [4.78, 5) is 13.3. The molecule has 4 fully saturated rings. The molecule has 4 aliphatic rings. The molecule has 4 saturated carbocycles. The van der Waals surface area contributed by atoms with Gasteiger partial charge in [0, 0.05) is 5.69 Å². The van der Waals surface area contributed by atoms with Gasteiger partial charge in [-0.1, -0.05) is 6.07 Å². The Morgan fingerprint density at radius 3 is 2.39 bits per heavy atom. The molecule has 0 spiro atoms. The quantitative estimate of drug-likeness (QED) is 0.356. The van der Waals surface area contributed by atoms with Gasteiger partial charge in [-0.3, -0.25) is 15.6 Å². The number of amidine groups is 1. The Kier molecular flexibility index (Phi) is 4.58. The van der Waals surface area contributed by atoms with Crippen LogP contribution in [0.1, 0.15) is 44.1 Å². The van der Waals surface area contributed by atoms with Crippen LogP contribution in [0.2, 0.25) is 0 Å². The van der Waals surface area contributed by atoms with Gasteiger partial charge >= 0.3 is 0 Å². The number of carbonyl (C=O) groups is 1. The van der Waals surface area contributed by atoms with Crippen LogP contribution in [-0.4, -0.2) is 17.5 Å². The van der Waals surface area contributed by atoms with Gasteiger partial charge in [-0.05, 0) is 80.9 Å². The number of carbonyl (C=O) groups excluding carboxylic acids is 1. The smallest absolute Gasteiger partial charge is 0.230 e. The van der Waals surface area contributed by atoms with Gasteiger partial charge in [0.2, 0.25) is 11.6 Å². The molecular formula is C21H26N6O. The molecule has 28 heavy (non-hydrogen) atoms. The number of hydrogen-bond acceptors (Lipinski definition) is 5. The highest BCUT2D eigenvalue weighted by Gasteiger charge is 2.54. The molecule has 7 nitrogen and oxygen atoms in total. The SMILES string of the molecule is Cc1ccc(N/N=C(\C#N)C(=N)N)cc1NC(=O)C12CC3CC(CC(C3)C1)C2. The summed E-state index contributed by atoms with van der Waals surface area (Å²) in [7, 11) is 0. The summed E-state index contributed by atoms with van der Waals surface area (Å²) in [5.74, 6) is 1.92. The summed E-state index contributed by atoms with van der Waals surface area (Å²) >= 11 is 0. The molecule has 0 saturated heterocycles. The van der Waals surface area contributed by atoms with Crippen molar-refractivity contribution in [3.8, 4) is 6.07 Å². The lowest BCUT2D eigenvalue weighted by atomic mass is 9.49. The molecule has 4 bridgehead atoms. The van der Waals surface area contributed by atoms with Gasteiger partial charge in [0.1, 0.15) is 6.07 Å². The van der Waals surface area contributed by atoms with Crippen LogP contribution in [0.3, 0.4) is 0 Å². The second-order valence-electron chi connectivity index (χ2n) is 8.78. The third-order valence-corrected chi connectivity index (χ3v) is 6.66. The fourth-order valence-corrected chi connectivity index (χ4v) is 5.74. The van der Waals surface area contributed by atoms with Crippen molar-refractivity contribution in [1.82, 2.24) is 0 Å². The van der Waals surface area contributed by atoms with E-state index in [0.29, 0.717) is 5.69 Å². The molecule has 4 aliphatic carbocycles. The van der Waals surface area contributed by atoms with Crippen LogP contribution in [0.25, 0.3) is 0 Å². The summed E-state index contributed by atoms with van der Waals surface area (Å²) in [6.45, 7) is 1.96. The summed E-state index contributed by atoms with van der Waals surface area (Å²) < 4.78 is 0. The minimum atomic E-state index is -0.391. The first-order chi connectivity index (χ1) is 13.4. The highest BCUT2D eigenvalue weighted by Crippen LogP contribution is 2.60. The Hall–Kier alpha value is -2.88. The third-order valence-electron chi connectivity index (χ3n) is 6.66. The number of amides is 1. The molecule has 5 N–H and O–H groups in total. The molecule has 1 amide bonds. The molecule has 0 radical (unpaired) electrons. The lowest BCUT2D eigenvalue weighted by molar-refractivity contribution is -0.140. The van der Waals surface area contributed by atoms with Gasteiger partial charge in [-0.2, -0.15) is 10.4 Å². The topological polar surface area (TPSA) is 127 Å². The fraction of sp³-hybridized carbons (Fsp3) is 0.524. The molecule has 7 heteroatoms. The summed E-state index contributed by atoms with van der Waals surface area (Å²) in [5.41, 5.74) is 10.0. The number of nitrogens with zero attached hydrogens (tertiary/aromatic N) is 2. The van der Waals surface area contributed by atoms with E-state index in [1.807, 2.05) is 25.1 Å². The maximum Gasteiger partial charge on any atom is 0.230 e. The number of rotatable bonds is 5. The first-order valence-corrected chi connectivity index (χ1v) is 9.89. The molecule has 5 rings (SSSR count). The number of anilines is 2. The van der Waals surface area contributed by atoms with Crippen molar-refractivity contribution >= 4 is 28.8 Å². The second kappa shape index (κ2) is 6.93. The van der Waals surface area contributed by atoms with Crippen molar-refractivity contribution in [3.05, 3.63) is 23.8 Å². The first kappa shape index (κ1) is 18.5. The van der Waals surface area contributed by atoms with E-state index in [9.17, 15) is 4.79 Å². The Bertz CT molecular complexity index is 861. The highest BCUT2D eigenvalue weighted by molar-refractivity contribution is 6.45. The Morgan fingerprint density at radius 1 is 1.25 bits per heavy atom. The van der Waals surface area contributed by atoms with Crippen LogP contribution >= 0.6 is 0 Å². The molecule has 0 unspecified atom stereocenters. The van der Waals surface area contributed by atoms with E-state index in [4.69, 9.17) is 16.4 Å². The van der Waals surface area contributed by atoms with Crippen LogP contribution in [0.5, 0.6) is 0 Å². The van der Waals surface area contributed by atoms with Crippen molar-refractivity contribution < 1.29 is 4.79 Å². The van der Waals surface area contributed by atoms with Gasteiger partial charge < -0.3 is 11.1 Å². The number of aryl methyl sites for hydroxylation is 1. The maximum absolute atomic E-state index is 13.3. The summed E-state index contributed by atoms with van der Waals surface area (Å²) in [5, 5.41) is 23.3. The van der Waals surface area contributed by atoms with Gasteiger partial charge in [-0.25, -0.2) is 0 Å². The molecule has 0 heterocycles. The lowest BCUT2D eigenvalue weighted by Gasteiger charge is -2.55. The van der Waals surface area contributed by atoms with Crippen LogP contribution in [0.4, 0.5) is 11.4 Å². The van der Waals surface area contributed by atoms with E-state index in [1.54, 1.807) is 6.07 Å². The van der Waals surface area contributed by atoms with E-state index >= 15 is 0 Å². The first-order valence-electron chi connectivity index (χ1n) is 9.89. The molecule has 0 aliphatic heterocycles. The van der Waals surface area contributed by atoms with Crippen LogP contribution in [-0.2, 0) is 4.79 Å². The summed E-state index contributed by atoms with van der Waals surface area (Å²) in [6.07, 6.45) is 6.99. The fourth-order valence-electron chi connectivity index (χ4n) is 5.74. The number of nitrogens with one attached hydrogen (secondary N) is 3. The average Bonchev–Trinajstić information content (AvgIpc) is 2.63. The van der Waals surface area contributed by atoms with E-state index in [-0.39, 0.29) is 17.0 Å². The molecule has 146 valence electrons. The minimum absolute atomic E-state index is 0.150. The van der Waals surface area contributed by atoms with E-state index in [1.165, 1.54) is 19.3 Å². The zero-order valence-electron chi connectivity index (χ0n) is 16.1. The number of hydrazone groups is 1. The normalized spacial score (nSPS) is 30.6. The Labute approximate surface area is 164 Å². The average molecular weight is 378 g/mol. The van der Waals surface area contributed by atoms with Gasteiger partial charge in [-0.15, -0.1) is 0 Å². The van der Waals surface area contributed by atoms with E-state index in [2.05, 4.69) is 15.8 Å². The van der Waals surface area contributed by atoms with Gasteiger partial charge in [0.25, 0.3) is 0 Å². The standard InChI is InChI=1S/C21H26N6O/c1-12-2-3-16(26-27-18(11-22)19(23)24)7-17(12)25-20(28)21-8-13-4-14(9-21)6-15(5-13)10-21/h2-3,7,13-15,26H,4-6,8-10H2,1H3,(H3,23,24)(H,25,28)/b27-18+. The monoisotopic (exact) mass is 378 g/mol. The van der Waals surface area contributed by atoms with Crippen molar-refractivity contribution in [2.24, 2.45) is 34.0 Å². The zero-order chi connectivity index (χ0) is 19.9. The van der Waals surface area contributed by atoms with Crippen molar-refractivity contribution in [2.45, 2.75) is 45.4 Å². The minimum Gasteiger partial charge on any atom is -0.382 e. The van der Waals surface area contributed by atoms with Crippen molar-refractivity contribution in [2.75, 3.05) is 10.7 Å². The van der Waals surface area contributed by atoms with Crippen LogP contribution < -0.4 is 16.5 Å². The van der Waals surface area contributed by atoms with E-state index < -0.39 is 5.84 Å². The van der Waals surface area contributed by atoms with Crippen molar-refractivity contribution in [3.63, 3.8) is 0 Å². The van der Waals surface area contributed by atoms with Crippen LogP contribution in [0.15, 0.2) is 23.3 Å². The highest BCUT2D eigenvalue weighted by atomic mass is 16.2. The van der Waals surface area contributed by atoms with Crippen molar-refractivity contribution in [1.29, 1.82) is 10.7 Å². The Balaban J connectivity index is 1.51. The number of nitriles is 1. The second-order valence-corrected chi connectivity index (χ2v) is 8.78. The van der Waals surface area contributed by atoms with Crippen LogP contribution in [0, 0.1) is 46.8 Å². The van der Waals surface area contributed by atoms with E-state index in [0.717, 1.165) is 48.3 Å². The number of nitrogens with two attached hydrogens (primary N) is 1. The lowest BCUT2D eigenvalue weighted by Crippen LogP contribution is -2.51. The maximum atomic E-state index is 13.3. The largest absolute Gasteiger partial charge is 0.382 e. The summed E-state index contributed by atoms with van der Waals surface area (Å²) in [6, 6.07) is 7.29. The molecule has 0 atom stereocenters. The van der Waals surface area contributed by atoms with Gasteiger partial charge in [0.05, 0.1) is 11.1 Å². The molecule has 1 aromatic carbocycles. The zero-order valence-corrected chi connectivity index (χ0v) is 16.1. The third kappa shape index (κ3) is 3.35. The molecule has 0 aromatic heterocycles. The number of hydrogen-bond donors (Lipinski definition) is 4. The predicted molar refractivity (Wildman–Crippen MR) is 109 cm³/mol.